The first kappa shape index (κ1) is 19.2. The van der Waals surface area contributed by atoms with E-state index in [1.165, 1.54) is 12.1 Å². The highest BCUT2D eigenvalue weighted by Gasteiger charge is 2.36. The molecule has 4 aromatic rings. The Morgan fingerprint density at radius 3 is 2.66 bits per heavy atom. The maximum Gasteiger partial charge on any atom is 0.150 e. The van der Waals surface area contributed by atoms with Crippen LogP contribution in [0, 0.1) is 17.1 Å². The standard InChI is InChI=1S/C23H24FN7O/c24-14-8-17-22(18(9-14)32-19-11-31-5-3-12(19)4-6-31)30-21(29-17)10-20-27-15-2-1-13(23(25)26)7-16(15)28-20/h1-2,7-9,12,19H,3-6,10-11H2,(H3,25,26)(H,27,28)(H,29,30). The number of H-pyrrole nitrogens is 2. The molecule has 2 bridgehead atoms. The molecule has 164 valence electrons. The van der Waals surface area contributed by atoms with Crippen molar-refractivity contribution in [3.63, 3.8) is 0 Å². The van der Waals surface area contributed by atoms with Gasteiger partial charge in [0.05, 0.1) is 23.0 Å². The molecule has 0 amide bonds. The van der Waals surface area contributed by atoms with Gasteiger partial charge in [-0.05, 0) is 56.1 Å². The minimum Gasteiger partial charge on any atom is -0.486 e. The van der Waals surface area contributed by atoms with Gasteiger partial charge in [-0.1, -0.05) is 0 Å². The molecular weight excluding hydrogens is 409 g/mol. The fraction of sp³-hybridized carbons (Fsp3) is 0.348. The minimum absolute atomic E-state index is 0.00581. The first-order chi connectivity index (χ1) is 15.5. The van der Waals surface area contributed by atoms with Crippen molar-refractivity contribution in [2.45, 2.75) is 25.4 Å². The maximum atomic E-state index is 14.3. The van der Waals surface area contributed by atoms with Gasteiger partial charge in [0.15, 0.2) is 5.75 Å². The number of aromatic nitrogens is 4. The maximum absolute atomic E-state index is 14.3. The number of aromatic amines is 2. The predicted molar refractivity (Wildman–Crippen MR) is 120 cm³/mol. The summed E-state index contributed by atoms with van der Waals surface area (Å²) in [5.74, 6) is 2.08. The van der Waals surface area contributed by atoms with Crippen molar-refractivity contribution in [2.75, 3.05) is 19.6 Å². The van der Waals surface area contributed by atoms with Gasteiger partial charge in [-0.3, -0.25) is 10.3 Å². The van der Waals surface area contributed by atoms with Crippen molar-refractivity contribution in [1.82, 2.24) is 24.8 Å². The van der Waals surface area contributed by atoms with Crippen LogP contribution in [-0.4, -0.2) is 56.4 Å². The zero-order valence-electron chi connectivity index (χ0n) is 17.5. The minimum atomic E-state index is -0.343. The molecule has 32 heavy (non-hydrogen) atoms. The number of amidine groups is 1. The molecule has 2 aromatic carbocycles. The molecule has 5 N–H and O–H groups in total. The van der Waals surface area contributed by atoms with Gasteiger partial charge in [0, 0.05) is 18.2 Å². The van der Waals surface area contributed by atoms with Gasteiger partial charge in [0.25, 0.3) is 0 Å². The third kappa shape index (κ3) is 3.38. The van der Waals surface area contributed by atoms with Crippen LogP contribution in [-0.2, 0) is 6.42 Å². The summed E-state index contributed by atoms with van der Waals surface area (Å²) in [7, 11) is 0. The molecule has 1 unspecified atom stereocenters. The Balaban J connectivity index is 1.29. The van der Waals surface area contributed by atoms with E-state index in [0.717, 1.165) is 49.3 Å². The summed E-state index contributed by atoms with van der Waals surface area (Å²) in [6.45, 7) is 3.14. The number of hydrogen-bond acceptors (Lipinski definition) is 5. The number of nitrogen functional groups attached to an aromatic ring is 1. The Morgan fingerprint density at radius 1 is 1.12 bits per heavy atom. The van der Waals surface area contributed by atoms with Gasteiger partial charge in [-0.15, -0.1) is 0 Å². The van der Waals surface area contributed by atoms with Crippen molar-refractivity contribution in [3.8, 4) is 5.75 Å². The van der Waals surface area contributed by atoms with Crippen LogP contribution < -0.4 is 10.5 Å². The number of ether oxygens (including phenoxy) is 1. The molecule has 7 rings (SSSR count). The summed E-state index contributed by atoms with van der Waals surface area (Å²) in [6.07, 6.45) is 2.77. The molecule has 0 spiro atoms. The second kappa shape index (κ2) is 7.30. The normalized spacial score (nSPS) is 22.6. The Morgan fingerprint density at radius 2 is 1.91 bits per heavy atom. The summed E-state index contributed by atoms with van der Waals surface area (Å²) >= 11 is 0. The lowest BCUT2D eigenvalue weighted by Crippen LogP contribution is -2.52. The fourth-order valence-electron chi connectivity index (χ4n) is 4.95. The number of benzene rings is 2. The Hall–Kier alpha value is -3.46. The molecule has 3 saturated heterocycles. The van der Waals surface area contributed by atoms with Crippen LogP contribution in [0.2, 0.25) is 0 Å². The van der Waals surface area contributed by atoms with E-state index < -0.39 is 0 Å². The van der Waals surface area contributed by atoms with Crippen molar-refractivity contribution < 1.29 is 9.13 Å². The Labute approximate surface area is 183 Å². The molecular formula is C23H24FN7O. The molecule has 0 radical (unpaired) electrons. The molecule has 3 fully saturated rings. The molecule has 0 aliphatic carbocycles. The summed E-state index contributed by atoms with van der Waals surface area (Å²) in [4.78, 5) is 18.2. The third-order valence-electron chi connectivity index (χ3n) is 6.62. The highest BCUT2D eigenvalue weighted by Crippen LogP contribution is 2.33. The van der Waals surface area contributed by atoms with E-state index in [0.29, 0.717) is 40.5 Å². The second-order valence-corrected chi connectivity index (χ2v) is 8.78. The Kier molecular flexibility index (Phi) is 4.39. The van der Waals surface area contributed by atoms with E-state index in [4.69, 9.17) is 20.9 Å². The highest BCUT2D eigenvalue weighted by atomic mass is 19.1. The van der Waals surface area contributed by atoms with Crippen LogP contribution in [0.1, 0.15) is 30.1 Å². The summed E-state index contributed by atoms with van der Waals surface area (Å²) in [5.41, 5.74) is 9.07. The van der Waals surface area contributed by atoms with Gasteiger partial charge in [0.2, 0.25) is 0 Å². The number of nitrogens with zero attached hydrogens (tertiary/aromatic N) is 3. The summed E-state index contributed by atoms with van der Waals surface area (Å²) in [6, 6.07) is 8.32. The number of hydrogen-bond donors (Lipinski definition) is 4. The van der Waals surface area contributed by atoms with E-state index in [2.05, 4.69) is 19.9 Å². The molecule has 8 nitrogen and oxygen atoms in total. The Bertz CT molecular complexity index is 1340. The highest BCUT2D eigenvalue weighted by molar-refractivity contribution is 5.97. The first-order valence-corrected chi connectivity index (χ1v) is 10.9. The van der Waals surface area contributed by atoms with Crippen LogP contribution >= 0.6 is 0 Å². The monoisotopic (exact) mass is 433 g/mol. The zero-order valence-corrected chi connectivity index (χ0v) is 17.5. The number of nitrogens with two attached hydrogens (primary N) is 1. The summed E-state index contributed by atoms with van der Waals surface area (Å²) in [5, 5.41) is 7.60. The van der Waals surface area contributed by atoms with Crippen molar-refractivity contribution in [2.24, 2.45) is 11.7 Å². The largest absolute Gasteiger partial charge is 0.486 e. The molecule has 2 aromatic heterocycles. The van der Waals surface area contributed by atoms with Gasteiger partial charge in [-0.25, -0.2) is 14.4 Å². The van der Waals surface area contributed by atoms with E-state index in [-0.39, 0.29) is 17.8 Å². The van der Waals surface area contributed by atoms with Gasteiger partial charge in [-0.2, -0.15) is 0 Å². The van der Waals surface area contributed by atoms with E-state index in [9.17, 15) is 4.39 Å². The van der Waals surface area contributed by atoms with Crippen LogP contribution in [0.25, 0.3) is 22.1 Å². The van der Waals surface area contributed by atoms with Crippen LogP contribution in [0.5, 0.6) is 5.75 Å². The van der Waals surface area contributed by atoms with E-state index in [1.807, 2.05) is 6.07 Å². The number of rotatable bonds is 5. The van der Waals surface area contributed by atoms with Gasteiger partial charge >= 0.3 is 0 Å². The lowest BCUT2D eigenvalue weighted by atomic mass is 9.86. The third-order valence-corrected chi connectivity index (χ3v) is 6.62. The topological polar surface area (TPSA) is 120 Å². The van der Waals surface area contributed by atoms with E-state index >= 15 is 0 Å². The van der Waals surface area contributed by atoms with Crippen LogP contribution in [0.4, 0.5) is 4.39 Å². The molecule has 9 heteroatoms. The average Bonchev–Trinajstić information content (AvgIpc) is 3.37. The van der Waals surface area contributed by atoms with Crippen molar-refractivity contribution in [1.29, 1.82) is 5.41 Å². The molecule has 3 aliphatic rings. The number of imidazole rings is 2. The molecule has 5 heterocycles. The average molecular weight is 433 g/mol. The van der Waals surface area contributed by atoms with Crippen LogP contribution in [0.3, 0.4) is 0 Å². The SMILES string of the molecule is N=C(N)c1ccc2[nH]c(Cc3nc4c(OC5CN6CCC5CC6)cc(F)cc4[nH]3)nc2c1. The quantitative estimate of drug-likeness (QED) is 0.285. The fourth-order valence-corrected chi connectivity index (χ4v) is 4.95. The second-order valence-electron chi connectivity index (χ2n) is 8.78. The van der Waals surface area contributed by atoms with E-state index in [1.54, 1.807) is 12.1 Å². The van der Waals surface area contributed by atoms with Crippen LogP contribution in [0.15, 0.2) is 30.3 Å². The number of halogens is 1. The van der Waals surface area contributed by atoms with Crippen molar-refractivity contribution in [3.05, 3.63) is 53.4 Å². The molecule has 0 saturated carbocycles. The van der Waals surface area contributed by atoms with Gasteiger partial charge in [0.1, 0.15) is 34.9 Å². The lowest BCUT2D eigenvalue weighted by molar-refractivity contribution is -0.00721. The molecule has 3 aliphatic heterocycles. The lowest BCUT2D eigenvalue weighted by Gasteiger charge is -2.44. The molecule has 1 atom stereocenters. The predicted octanol–water partition coefficient (Wildman–Crippen LogP) is 2.93. The smallest absolute Gasteiger partial charge is 0.150 e. The number of piperidine rings is 3. The van der Waals surface area contributed by atoms with Crippen molar-refractivity contribution >= 4 is 27.9 Å². The first-order valence-electron chi connectivity index (χ1n) is 10.9. The zero-order chi connectivity index (χ0) is 21.8. The summed E-state index contributed by atoms with van der Waals surface area (Å²) < 4.78 is 20.6. The number of nitrogens with one attached hydrogen (secondary N) is 3. The van der Waals surface area contributed by atoms with Gasteiger partial charge < -0.3 is 20.4 Å². The number of fused-ring (bicyclic) bond motifs is 5.